The van der Waals surface area contributed by atoms with Crippen LogP contribution >= 0.6 is 23.4 Å². The smallest absolute Gasteiger partial charge is 0.271 e. The van der Waals surface area contributed by atoms with Crippen LogP contribution in [-0.2, 0) is 0 Å². The van der Waals surface area contributed by atoms with E-state index in [4.69, 9.17) is 26.8 Å². The minimum atomic E-state index is -0.750. The number of carbonyl (C=O) groups excluding carboxylic acids is 1. The topological polar surface area (TPSA) is 87.3 Å². The predicted octanol–water partition coefficient (Wildman–Crippen LogP) is 2.75. The number of methoxy groups -OCH3 is 1. The fourth-order valence-corrected chi connectivity index (χ4v) is 2.19. The molecule has 2 aromatic rings. The van der Waals surface area contributed by atoms with Gasteiger partial charge in [-0.15, -0.1) is 0 Å². The van der Waals surface area contributed by atoms with Crippen molar-refractivity contribution in [2.75, 3.05) is 13.4 Å². The third-order valence-electron chi connectivity index (χ3n) is 2.50. The first-order valence-corrected chi connectivity index (χ1v) is 7.39. The minimum absolute atomic E-state index is 0.00599. The van der Waals surface area contributed by atoms with Gasteiger partial charge in [-0.05, 0) is 18.4 Å². The highest BCUT2D eigenvalue weighted by Gasteiger charge is 2.20. The Kier molecular flexibility index (Phi) is 4.87. The second-order valence-corrected chi connectivity index (χ2v) is 4.93. The summed E-state index contributed by atoms with van der Waals surface area (Å²) >= 11 is 7.31. The average Bonchev–Trinajstić information content (AvgIpc) is 2.49. The van der Waals surface area contributed by atoms with Gasteiger partial charge in [-0.25, -0.2) is 9.97 Å². The summed E-state index contributed by atoms with van der Waals surface area (Å²) in [6.45, 7) is 0. The fraction of sp³-hybridized carbons (Fsp3) is 0.154. The summed E-state index contributed by atoms with van der Waals surface area (Å²) in [5.41, 5.74) is 5.24. The number of nitrogens with zero attached hydrogens (tertiary/aromatic N) is 2. The molecular formula is C13H12ClN3O3S. The van der Waals surface area contributed by atoms with E-state index >= 15 is 0 Å². The molecule has 0 radical (unpaired) electrons. The van der Waals surface area contributed by atoms with E-state index in [-0.39, 0.29) is 16.6 Å². The number of halogens is 1. The molecule has 2 N–H and O–H groups in total. The highest BCUT2D eigenvalue weighted by Crippen LogP contribution is 2.36. The van der Waals surface area contributed by atoms with Crippen molar-refractivity contribution in [1.29, 1.82) is 0 Å². The van der Waals surface area contributed by atoms with Crippen molar-refractivity contribution < 1.29 is 14.3 Å². The monoisotopic (exact) mass is 325 g/mol. The van der Waals surface area contributed by atoms with E-state index < -0.39 is 5.91 Å². The fourth-order valence-electron chi connectivity index (χ4n) is 1.57. The molecular weight excluding hydrogens is 314 g/mol. The van der Waals surface area contributed by atoms with E-state index in [0.29, 0.717) is 16.7 Å². The molecule has 0 saturated heterocycles. The van der Waals surface area contributed by atoms with Gasteiger partial charge in [0.25, 0.3) is 5.91 Å². The summed E-state index contributed by atoms with van der Waals surface area (Å²) in [4.78, 5) is 19.6. The number of ether oxygens (including phenoxy) is 2. The number of rotatable bonds is 5. The first kappa shape index (κ1) is 15.4. The molecule has 0 fully saturated rings. The lowest BCUT2D eigenvalue weighted by molar-refractivity contribution is 0.0992. The summed E-state index contributed by atoms with van der Waals surface area (Å²) in [7, 11) is 1.51. The molecule has 8 heteroatoms. The number of aromatic nitrogens is 2. The van der Waals surface area contributed by atoms with Gasteiger partial charge in [0.1, 0.15) is 0 Å². The molecule has 0 unspecified atom stereocenters. The van der Waals surface area contributed by atoms with Crippen LogP contribution in [0.1, 0.15) is 10.5 Å². The van der Waals surface area contributed by atoms with E-state index in [0.717, 1.165) is 0 Å². The van der Waals surface area contributed by atoms with E-state index in [9.17, 15) is 4.79 Å². The standard InChI is InChI=1S/C13H12ClN3O3S/c1-19-7-5-3-4-6-8(7)20-10-9(12(15)18)16-13(21-2)17-11(10)14/h3-6H,1-2H3,(H2,15,18). The van der Waals surface area contributed by atoms with Crippen molar-refractivity contribution >= 4 is 29.3 Å². The Morgan fingerprint density at radius 3 is 2.52 bits per heavy atom. The number of hydrogen-bond donors (Lipinski definition) is 1. The predicted molar refractivity (Wildman–Crippen MR) is 80.4 cm³/mol. The van der Waals surface area contributed by atoms with Crippen LogP contribution < -0.4 is 15.2 Å². The summed E-state index contributed by atoms with van der Waals surface area (Å²) in [6.07, 6.45) is 1.76. The Bertz CT molecular complexity index is 682. The molecule has 21 heavy (non-hydrogen) atoms. The molecule has 0 spiro atoms. The molecule has 0 aliphatic heterocycles. The van der Waals surface area contributed by atoms with Gasteiger partial charge < -0.3 is 15.2 Å². The molecule has 0 aliphatic carbocycles. The van der Waals surface area contributed by atoms with Gasteiger partial charge in [-0.2, -0.15) is 0 Å². The summed E-state index contributed by atoms with van der Waals surface area (Å²) in [5.74, 6) is 0.119. The summed E-state index contributed by atoms with van der Waals surface area (Å²) in [6, 6.07) is 6.93. The van der Waals surface area contributed by atoms with E-state index in [1.54, 1.807) is 30.5 Å². The van der Waals surface area contributed by atoms with Crippen LogP contribution in [0.5, 0.6) is 17.2 Å². The van der Waals surface area contributed by atoms with Gasteiger partial charge in [0.2, 0.25) is 0 Å². The highest BCUT2D eigenvalue weighted by molar-refractivity contribution is 7.98. The van der Waals surface area contributed by atoms with Gasteiger partial charge in [-0.1, -0.05) is 35.5 Å². The summed E-state index contributed by atoms with van der Waals surface area (Å²) < 4.78 is 10.8. The molecule has 1 amide bonds. The van der Waals surface area contributed by atoms with Crippen molar-refractivity contribution in [2.24, 2.45) is 5.73 Å². The molecule has 1 aromatic heterocycles. The number of benzene rings is 1. The number of amides is 1. The zero-order valence-electron chi connectivity index (χ0n) is 11.3. The zero-order chi connectivity index (χ0) is 15.4. The maximum absolute atomic E-state index is 11.5. The maximum atomic E-state index is 11.5. The van der Waals surface area contributed by atoms with Crippen LogP contribution in [0.3, 0.4) is 0 Å². The summed E-state index contributed by atoms with van der Waals surface area (Å²) in [5, 5.41) is 0.343. The molecule has 1 aromatic carbocycles. The molecule has 0 bridgehead atoms. The van der Waals surface area contributed by atoms with Crippen molar-refractivity contribution in [3.05, 3.63) is 35.1 Å². The van der Waals surface area contributed by atoms with Crippen molar-refractivity contribution in [2.45, 2.75) is 5.16 Å². The number of hydrogen-bond acceptors (Lipinski definition) is 6. The molecule has 110 valence electrons. The molecule has 1 heterocycles. The number of thioether (sulfide) groups is 1. The number of nitrogens with two attached hydrogens (primary N) is 1. The average molecular weight is 326 g/mol. The molecule has 6 nitrogen and oxygen atoms in total. The lowest BCUT2D eigenvalue weighted by Gasteiger charge is -2.13. The van der Waals surface area contributed by atoms with Gasteiger partial charge in [0, 0.05) is 0 Å². The van der Waals surface area contributed by atoms with Gasteiger partial charge in [0.15, 0.2) is 33.3 Å². The van der Waals surface area contributed by atoms with Crippen LogP contribution in [-0.4, -0.2) is 29.2 Å². The van der Waals surface area contributed by atoms with Crippen molar-refractivity contribution in [3.63, 3.8) is 0 Å². The van der Waals surface area contributed by atoms with Crippen LogP contribution in [0, 0.1) is 0 Å². The van der Waals surface area contributed by atoms with Crippen molar-refractivity contribution in [1.82, 2.24) is 9.97 Å². The number of carbonyl (C=O) groups is 1. The van der Waals surface area contributed by atoms with Crippen LogP contribution in [0.25, 0.3) is 0 Å². The Hall–Kier alpha value is -1.99. The zero-order valence-corrected chi connectivity index (χ0v) is 12.9. The normalized spacial score (nSPS) is 10.2. The van der Waals surface area contributed by atoms with E-state index in [1.807, 2.05) is 0 Å². The number of primary amides is 1. The molecule has 0 aliphatic rings. The Balaban J connectivity index is 2.50. The third kappa shape index (κ3) is 3.37. The Morgan fingerprint density at radius 1 is 1.29 bits per heavy atom. The quantitative estimate of drug-likeness (QED) is 0.516. The number of para-hydroxylation sites is 2. The van der Waals surface area contributed by atoms with Gasteiger partial charge in [0.05, 0.1) is 7.11 Å². The largest absolute Gasteiger partial charge is 0.493 e. The Labute approximate surface area is 130 Å². The SMILES string of the molecule is COc1ccccc1Oc1c(Cl)nc(SC)nc1C(N)=O. The third-order valence-corrected chi connectivity index (χ3v) is 3.30. The highest BCUT2D eigenvalue weighted by atomic mass is 35.5. The maximum Gasteiger partial charge on any atom is 0.271 e. The molecule has 0 saturated carbocycles. The van der Waals surface area contributed by atoms with E-state index in [1.165, 1.54) is 18.9 Å². The van der Waals surface area contributed by atoms with Crippen molar-refractivity contribution in [3.8, 4) is 17.2 Å². The van der Waals surface area contributed by atoms with Gasteiger partial charge >= 0.3 is 0 Å². The van der Waals surface area contributed by atoms with Crippen LogP contribution in [0.15, 0.2) is 29.4 Å². The second kappa shape index (κ2) is 6.64. The van der Waals surface area contributed by atoms with Crippen LogP contribution in [0.4, 0.5) is 0 Å². The molecule has 2 rings (SSSR count). The first-order chi connectivity index (χ1) is 10.1. The minimum Gasteiger partial charge on any atom is -0.493 e. The lowest BCUT2D eigenvalue weighted by Crippen LogP contribution is -2.16. The van der Waals surface area contributed by atoms with Gasteiger partial charge in [-0.3, -0.25) is 4.79 Å². The first-order valence-electron chi connectivity index (χ1n) is 5.79. The van der Waals surface area contributed by atoms with Crippen LogP contribution in [0.2, 0.25) is 5.15 Å². The second-order valence-electron chi connectivity index (χ2n) is 3.80. The Morgan fingerprint density at radius 2 is 1.95 bits per heavy atom. The van der Waals surface area contributed by atoms with E-state index in [2.05, 4.69) is 9.97 Å². The lowest BCUT2D eigenvalue weighted by atomic mass is 10.3. The molecule has 0 atom stereocenters.